The maximum Gasteiger partial charge on any atom is 0.328 e. The molecule has 2 aromatic rings. The molecule has 0 aliphatic heterocycles. The summed E-state index contributed by atoms with van der Waals surface area (Å²) in [4.78, 5) is 27.2. The van der Waals surface area contributed by atoms with Gasteiger partial charge in [0, 0.05) is 17.3 Å². The van der Waals surface area contributed by atoms with E-state index in [0.717, 1.165) is 17.3 Å². The van der Waals surface area contributed by atoms with Crippen molar-refractivity contribution in [3.8, 4) is 0 Å². The van der Waals surface area contributed by atoms with Crippen LogP contribution >= 0.6 is 0 Å². The van der Waals surface area contributed by atoms with E-state index < -0.39 is 12.0 Å². The van der Waals surface area contributed by atoms with Gasteiger partial charge in [-0.15, -0.1) is 0 Å². The number of amides is 1. The normalized spacial score (nSPS) is 13.7. The Kier molecular flexibility index (Phi) is 4.62. The number of carbonyl (C=O) groups excluding carboxylic acids is 2. The lowest BCUT2D eigenvalue weighted by molar-refractivity contribution is -0.144. The zero-order chi connectivity index (χ0) is 15.4. The molecule has 0 saturated heterocycles. The van der Waals surface area contributed by atoms with Crippen molar-refractivity contribution in [3.63, 3.8) is 0 Å². The SMILES string of the molecule is CC[C@@H](C)[C@@H](NC(=O)c1ccc2cc[nH]c2c1)C(=O)OC. The molecule has 2 atom stereocenters. The first kappa shape index (κ1) is 15.1. The third-order valence-electron chi connectivity index (χ3n) is 3.77. The maximum absolute atomic E-state index is 12.3. The molecule has 0 unspecified atom stereocenters. The van der Waals surface area contributed by atoms with Gasteiger partial charge in [0.1, 0.15) is 6.04 Å². The Hall–Kier alpha value is -2.30. The predicted molar refractivity (Wildman–Crippen MR) is 81.0 cm³/mol. The van der Waals surface area contributed by atoms with Crippen LogP contribution < -0.4 is 5.32 Å². The number of fused-ring (bicyclic) bond motifs is 1. The fraction of sp³-hybridized carbons (Fsp3) is 0.375. The summed E-state index contributed by atoms with van der Waals surface area (Å²) in [5, 5.41) is 3.80. The molecule has 1 aromatic heterocycles. The molecule has 0 radical (unpaired) electrons. The number of H-pyrrole nitrogens is 1. The van der Waals surface area contributed by atoms with Gasteiger partial charge in [0.05, 0.1) is 7.11 Å². The molecule has 2 N–H and O–H groups in total. The fourth-order valence-corrected chi connectivity index (χ4v) is 2.21. The zero-order valence-corrected chi connectivity index (χ0v) is 12.5. The Bertz CT molecular complexity index is 648. The third kappa shape index (κ3) is 3.24. The number of carbonyl (C=O) groups is 2. The lowest BCUT2D eigenvalue weighted by Crippen LogP contribution is -2.45. The number of aromatic amines is 1. The molecule has 0 saturated carbocycles. The molecule has 0 aliphatic carbocycles. The van der Waals surface area contributed by atoms with Crippen LogP contribution in [0.5, 0.6) is 0 Å². The standard InChI is InChI=1S/C16H20N2O3/c1-4-10(2)14(16(20)21-3)18-15(19)12-6-5-11-7-8-17-13(11)9-12/h5-10,14,17H,4H2,1-3H3,(H,18,19)/t10-,14-/m1/s1. The largest absolute Gasteiger partial charge is 0.467 e. The number of rotatable bonds is 5. The molecule has 0 spiro atoms. The molecule has 2 rings (SSSR count). The van der Waals surface area contributed by atoms with Crippen molar-refractivity contribution in [3.05, 3.63) is 36.0 Å². The van der Waals surface area contributed by atoms with Gasteiger partial charge in [-0.1, -0.05) is 26.3 Å². The van der Waals surface area contributed by atoms with E-state index in [1.54, 1.807) is 12.1 Å². The van der Waals surface area contributed by atoms with Crippen LogP contribution in [0.3, 0.4) is 0 Å². The van der Waals surface area contributed by atoms with Gasteiger partial charge in [-0.2, -0.15) is 0 Å². The highest BCUT2D eigenvalue weighted by atomic mass is 16.5. The number of esters is 1. The van der Waals surface area contributed by atoms with Gasteiger partial charge in [-0.05, 0) is 29.5 Å². The smallest absolute Gasteiger partial charge is 0.328 e. The molecule has 112 valence electrons. The molecule has 5 nitrogen and oxygen atoms in total. The first-order valence-corrected chi connectivity index (χ1v) is 7.02. The van der Waals surface area contributed by atoms with Crippen molar-refractivity contribution in [2.45, 2.75) is 26.3 Å². The van der Waals surface area contributed by atoms with Crippen molar-refractivity contribution < 1.29 is 14.3 Å². The number of nitrogens with one attached hydrogen (secondary N) is 2. The summed E-state index contributed by atoms with van der Waals surface area (Å²) in [5.74, 6) is -0.684. The van der Waals surface area contributed by atoms with Crippen molar-refractivity contribution >= 4 is 22.8 Å². The Morgan fingerprint density at radius 2 is 2.10 bits per heavy atom. The van der Waals surface area contributed by atoms with Crippen LogP contribution in [0, 0.1) is 5.92 Å². The minimum absolute atomic E-state index is 0.00983. The minimum atomic E-state index is -0.633. The van der Waals surface area contributed by atoms with E-state index in [1.807, 2.05) is 32.2 Å². The molecule has 1 aromatic carbocycles. The first-order chi connectivity index (χ1) is 10.1. The van der Waals surface area contributed by atoms with Gasteiger partial charge < -0.3 is 15.0 Å². The average Bonchev–Trinajstić information content (AvgIpc) is 2.98. The van der Waals surface area contributed by atoms with Crippen LogP contribution in [0.2, 0.25) is 0 Å². The van der Waals surface area contributed by atoms with E-state index in [2.05, 4.69) is 10.3 Å². The Morgan fingerprint density at radius 1 is 1.33 bits per heavy atom. The van der Waals surface area contributed by atoms with Crippen LogP contribution in [0.15, 0.2) is 30.5 Å². The van der Waals surface area contributed by atoms with Crippen LogP contribution in [0.4, 0.5) is 0 Å². The lowest BCUT2D eigenvalue weighted by Gasteiger charge is -2.21. The number of ether oxygens (including phenoxy) is 1. The number of methoxy groups -OCH3 is 1. The Morgan fingerprint density at radius 3 is 2.76 bits per heavy atom. The second-order valence-corrected chi connectivity index (χ2v) is 5.14. The number of hydrogen-bond donors (Lipinski definition) is 2. The van der Waals surface area contributed by atoms with Crippen LogP contribution in [0.1, 0.15) is 30.6 Å². The van der Waals surface area contributed by atoms with Gasteiger partial charge in [0.2, 0.25) is 0 Å². The topological polar surface area (TPSA) is 71.2 Å². The highest BCUT2D eigenvalue weighted by Gasteiger charge is 2.27. The van der Waals surface area contributed by atoms with E-state index in [0.29, 0.717) is 5.56 Å². The summed E-state index contributed by atoms with van der Waals surface area (Å²) in [7, 11) is 1.33. The van der Waals surface area contributed by atoms with Gasteiger partial charge in [-0.3, -0.25) is 4.79 Å². The molecular weight excluding hydrogens is 268 g/mol. The predicted octanol–water partition coefficient (Wildman–Crippen LogP) is 2.49. The number of aromatic nitrogens is 1. The third-order valence-corrected chi connectivity index (χ3v) is 3.77. The monoisotopic (exact) mass is 288 g/mol. The highest BCUT2D eigenvalue weighted by molar-refractivity contribution is 5.99. The average molecular weight is 288 g/mol. The van der Waals surface area contributed by atoms with E-state index >= 15 is 0 Å². The Balaban J connectivity index is 2.19. The van der Waals surface area contributed by atoms with Crippen molar-refractivity contribution in [2.75, 3.05) is 7.11 Å². The summed E-state index contributed by atoms with van der Waals surface area (Å²) in [6.45, 7) is 3.88. The summed E-state index contributed by atoms with van der Waals surface area (Å²) in [6.07, 6.45) is 2.60. The second kappa shape index (κ2) is 6.43. The quantitative estimate of drug-likeness (QED) is 0.830. The van der Waals surface area contributed by atoms with Gasteiger partial charge in [0.15, 0.2) is 0 Å². The van der Waals surface area contributed by atoms with Gasteiger partial charge >= 0.3 is 5.97 Å². The second-order valence-electron chi connectivity index (χ2n) is 5.14. The van der Waals surface area contributed by atoms with Gasteiger partial charge in [0.25, 0.3) is 5.91 Å². The molecule has 0 bridgehead atoms. The summed E-state index contributed by atoms with van der Waals surface area (Å²) < 4.78 is 4.77. The van der Waals surface area contributed by atoms with Crippen molar-refractivity contribution in [2.24, 2.45) is 5.92 Å². The summed E-state index contributed by atoms with van der Waals surface area (Å²) >= 11 is 0. The van der Waals surface area contributed by atoms with Crippen LogP contribution in [-0.4, -0.2) is 30.0 Å². The van der Waals surface area contributed by atoms with Gasteiger partial charge in [-0.25, -0.2) is 4.79 Å². The Labute approximate surface area is 123 Å². The number of benzene rings is 1. The maximum atomic E-state index is 12.3. The number of hydrogen-bond acceptors (Lipinski definition) is 3. The fourth-order valence-electron chi connectivity index (χ4n) is 2.21. The van der Waals surface area contributed by atoms with Crippen molar-refractivity contribution in [1.82, 2.24) is 10.3 Å². The van der Waals surface area contributed by atoms with E-state index in [4.69, 9.17) is 4.74 Å². The van der Waals surface area contributed by atoms with Crippen LogP contribution in [0.25, 0.3) is 10.9 Å². The highest BCUT2D eigenvalue weighted by Crippen LogP contribution is 2.15. The minimum Gasteiger partial charge on any atom is -0.467 e. The van der Waals surface area contributed by atoms with E-state index in [-0.39, 0.29) is 11.8 Å². The van der Waals surface area contributed by atoms with E-state index in [1.165, 1.54) is 7.11 Å². The molecule has 1 amide bonds. The van der Waals surface area contributed by atoms with Crippen molar-refractivity contribution in [1.29, 1.82) is 0 Å². The molecule has 1 heterocycles. The molecule has 5 heteroatoms. The molecule has 0 fully saturated rings. The van der Waals surface area contributed by atoms with Crippen LogP contribution in [-0.2, 0) is 9.53 Å². The molecule has 0 aliphatic rings. The molecular formula is C16H20N2O3. The molecule has 21 heavy (non-hydrogen) atoms. The first-order valence-electron chi connectivity index (χ1n) is 7.02. The summed E-state index contributed by atoms with van der Waals surface area (Å²) in [6, 6.07) is 6.70. The lowest BCUT2D eigenvalue weighted by atomic mass is 9.98. The zero-order valence-electron chi connectivity index (χ0n) is 12.5. The summed E-state index contributed by atoms with van der Waals surface area (Å²) in [5.41, 5.74) is 1.41. The van der Waals surface area contributed by atoms with E-state index in [9.17, 15) is 9.59 Å².